The summed E-state index contributed by atoms with van der Waals surface area (Å²) in [4.78, 5) is 1.30. The van der Waals surface area contributed by atoms with Gasteiger partial charge in [-0.05, 0) is 72.8 Å². The molecule has 26 heavy (non-hydrogen) atoms. The Morgan fingerprint density at radius 3 is 2.15 bits per heavy atom. The highest BCUT2D eigenvalue weighted by atomic mass is 32.1. The van der Waals surface area contributed by atoms with E-state index >= 15 is 0 Å². The SMILES string of the molecule is CC/C(=C/CCC(CC)(CC)O[Si](CC)(CC)CC)c1cc(CO)cs1. The summed E-state index contributed by atoms with van der Waals surface area (Å²) in [6.45, 7) is 13.9. The van der Waals surface area contributed by atoms with E-state index in [-0.39, 0.29) is 12.2 Å². The summed E-state index contributed by atoms with van der Waals surface area (Å²) in [6, 6.07) is 5.79. The Balaban J connectivity index is 2.89. The van der Waals surface area contributed by atoms with E-state index < -0.39 is 8.32 Å². The summed E-state index contributed by atoms with van der Waals surface area (Å²) >= 11 is 1.74. The van der Waals surface area contributed by atoms with Gasteiger partial charge in [0.25, 0.3) is 0 Å². The van der Waals surface area contributed by atoms with Crippen molar-refractivity contribution >= 4 is 25.2 Å². The lowest BCUT2D eigenvalue weighted by Crippen LogP contribution is -2.46. The van der Waals surface area contributed by atoms with Crippen LogP contribution in [-0.2, 0) is 11.0 Å². The van der Waals surface area contributed by atoms with Crippen LogP contribution in [0, 0.1) is 0 Å². The van der Waals surface area contributed by atoms with E-state index in [2.05, 4.69) is 59.1 Å². The van der Waals surface area contributed by atoms with E-state index in [9.17, 15) is 5.11 Å². The van der Waals surface area contributed by atoms with Crippen molar-refractivity contribution in [1.82, 2.24) is 0 Å². The minimum absolute atomic E-state index is 0.0370. The number of allylic oxidation sites excluding steroid dienone is 2. The van der Waals surface area contributed by atoms with Gasteiger partial charge in [-0.2, -0.15) is 0 Å². The molecule has 1 heterocycles. The summed E-state index contributed by atoms with van der Waals surface area (Å²) in [5.74, 6) is 0. The number of rotatable bonds is 13. The van der Waals surface area contributed by atoms with Crippen LogP contribution in [-0.4, -0.2) is 19.0 Å². The first-order valence-corrected chi connectivity index (χ1v) is 14.0. The van der Waals surface area contributed by atoms with E-state index in [4.69, 9.17) is 4.43 Å². The summed E-state index contributed by atoms with van der Waals surface area (Å²) in [5.41, 5.74) is 2.46. The monoisotopic (exact) mass is 396 g/mol. The third-order valence-corrected chi connectivity index (χ3v) is 12.0. The van der Waals surface area contributed by atoms with Crippen LogP contribution in [0.1, 0.15) is 84.1 Å². The van der Waals surface area contributed by atoms with Gasteiger partial charge in [0.1, 0.15) is 0 Å². The topological polar surface area (TPSA) is 29.5 Å². The number of hydrogen-bond donors (Lipinski definition) is 1. The minimum atomic E-state index is -1.59. The lowest BCUT2D eigenvalue weighted by atomic mass is 9.91. The molecule has 1 N–H and O–H groups in total. The lowest BCUT2D eigenvalue weighted by molar-refractivity contribution is 0.0397. The van der Waals surface area contributed by atoms with Gasteiger partial charge in [0.2, 0.25) is 0 Å². The molecule has 4 heteroatoms. The first-order valence-electron chi connectivity index (χ1n) is 10.5. The van der Waals surface area contributed by atoms with E-state index in [1.54, 1.807) is 11.3 Å². The van der Waals surface area contributed by atoms with Gasteiger partial charge in [-0.15, -0.1) is 11.3 Å². The van der Waals surface area contributed by atoms with Crippen LogP contribution in [0.25, 0.3) is 5.57 Å². The quantitative estimate of drug-likeness (QED) is 0.352. The summed E-state index contributed by atoms with van der Waals surface area (Å²) in [5, 5.41) is 11.4. The minimum Gasteiger partial charge on any atom is -0.411 e. The second-order valence-corrected chi connectivity index (χ2v) is 12.9. The van der Waals surface area contributed by atoms with Gasteiger partial charge in [-0.1, -0.05) is 47.6 Å². The molecule has 0 unspecified atom stereocenters. The second kappa shape index (κ2) is 11.4. The van der Waals surface area contributed by atoms with Crippen molar-refractivity contribution in [3.05, 3.63) is 28.0 Å². The van der Waals surface area contributed by atoms with Crippen molar-refractivity contribution in [2.45, 2.75) is 104 Å². The highest BCUT2D eigenvalue weighted by Gasteiger charge is 2.38. The maximum atomic E-state index is 9.30. The molecule has 0 bridgehead atoms. The molecule has 0 spiro atoms. The molecule has 1 rings (SSSR count). The number of hydrogen-bond acceptors (Lipinski definition) is 3. The van der Waals surface area contributed by atoms with E-state index in [1.807, 2.05) is 0 Å². The van der Waals surface area contributed by atoms with Gasteiger partial charge in [-0.3, -0.25) is 0 Å². The third-order valence-electron chi connectivity index (χ3n) is 6.18. The summed E-state index contributed by atoms with van der Waals surface area (Å²) in [6.07, 6.45) is 7.82. The molecular weight excluding hydrogens is 356 g/mol. The fraction of sp³-hybridized carbons (Fsp3) is 0.727. The Hall–Kier alpha value is -0.423. The summed E-state index contributed by atoms with van der Waals surface area (Å²) < 4.78 is 6.99. The molecule has 0 fully saturated rings. The van der Waals surface area contributed by atoms with Gasteiger partial charge >= 0.3 is 0 Å². The van der Waals surface area contributed by atoms with E-state index in [0.717, 1.165) is 37.7 Å². The molecule has 0 atom stereocenters. The smallest absolute Gasteiger partial charge is 0.192 e. The van der Waals surface area contributed by atoms with Crippen LogP contribution in [0.15, 0.2) is 17.5 Å². The van der Waals surface area contributed by atoms with Crippen molar-refractivity contribution in [3.63, 3.8) is 0 Å². The average Bonchev–Trinajstić information content (AvgIpc) is 3.17. The molecule has 1 aromatic heterocycles. The zero-order valence-electron chi connectivity index (χ0n) is 17.9. The number of aliphatic hydroxyl groups is 1. The van der Waals surface area contributed by atoms with Gasteiger partial charge in [-0.25, -0.2) is 0 Å². The van der Waals surface area contributed by atoms with E-state index in [0.29, 0.717) is 0 Å². The maximum Gasteiger partial charge on any atom is 0.192 e. The molecule has 150 valence electrons. The van der Waals surface area contributed by atoms with Crippen LogP contribution >= 0.6 is 11.3 Å². The number of aliphatic hydroxyl groups excluding tert-OH is 1. The molecule has 1 aromatic rings. The molecule has 0 amide bonds. The highest BCUT2D eigenvalue weighted by molar-refractivity contribution is 7.11. The Labute approximate surface area is 166 Å². The Morgan fingerprint density at radius 1 is 1.12 bits per heavy atom. The first kappa shape index (κ1) is 23.6. The zero-order chi connectivity index (χ0) is 19.6. The molecule has 2 nitrogen and oxygen atoms in total. The van der Waals surface area contributed by atoms with Crippen LogP contribution in [0.5, 0.6) is 0 Å². The molecule has 0 aromatic carbocycles. The molecule has 0 saturated heterocycles. The van der Waals surface area contributed by atoms with Crippen molar-refractivity contribution in [2.24, 2.45) is 0 Å². The highest BCUT2D eigenvalue weighted by Crippen LogP contribution is 2.36. The molecule has 0 aliphatic carbocycles. The molecular formula is C22H40O2SSi. The normalized spacial score (nSPS) is 13.4. The van der Waals surface area contributed by atoms with Crippen LogP contribution in [0.3, 0.4) is 0 Å². The maximum absolute atomic E-state index is 9.30. The van der Waals surface area contributed by atoms with Crippen LogP contribution < -0.4 is 0 Å². The Bertz CT molecular complexity index is 534. The van der Waals surface area contributed by atoms with Crippen molar-refractivity contribution in [1.29, 1.82) is 0 Å². The molecule has 0 saturated carbocycles. The predicted octanol–water partition coefficient (Wildman–Crippen LogP) is 7.39. The van der Waals surface area contributed by atoms with E-state index in [1.165, 1.54) is 28.6 Å². The fourth-order valence-electron chi connectivity index (χ4n) is 3.78. The zero-order valence-corrected chi connectivity index (χ0v) is 19.7. The standard InChI is InChI=1S/C22H40O2SSi/c1-7-20(21-16-19(17-23)18-25-21)14-13-15-22(8-2,9-3)24-26(10-4,11-5)12-6/h14,16,18,23H,7-13,15,17H2,1-6H3/b20-14-. The molecule has 0 aliphatic heterocycles. The second-order valence-electron chi connectivity index (χ2n) is 7.33. The van der Waals surface area contributed by atoms with Gasteiger partial charge < -0.3 is 9.53 Å². The first-order chi connectivity index (χ1) is 12.5. The molecule has 0 aliphatic rings. The van der Waals surface area contributed by atoms with Gasteiger partial charge in [0.15, 0.2) is 8.32 Å². The number of thiophene rings is 1. The largest absolute Gasteiger partial charge is 0.411 e. The van der Waals surface area contributed by atoms with Gasteiger partial charge in [0, 0.05) is 4.88 Å². The average molecular weight is 397 g/mol. The van der Waals surface area contributed by atoms with Crippen molar-refractivity contribution < 1.29 is 9.53 Å². The summed E-state index contributed by atoms with van der Waals surface area (Å²) in [7, 11) is -1.59. The third kappa shape index (κ3) is 6.05. The van der Waals surface area contributed by atoms with Crippen molar-refractivity contribution in [2.75, 3.05) is 0 Å². The van der Waals surface area contributed by atoms with Crippen LogP contribution in [0.4, 0.5) is 0 Å². The lowest BCUT2D eigenvalue weighted by Gasteiger charge is -2.42. The Kier molecular flexibility index (Phi) is 10.4. The fourth-order valence-corrected chi connectivity index (χ4v) is 8.04. The van der Waals surface area contributed by atoms with Crippen LogP contribution in [0.2, 0.25) is 18.1 Å². The van der Waals surface area contributed by atoms with Gasteiger partial charge in [0.05, 0.1) is 12.2 Å². The predicted molar refractivity (Wildman–Crippen MR) is 119 cm³/mol. The Morgan fingerprint density at radius 2 is 1.73 bits per heavy atom. The van der Waals surface area contributed by atoms with Crippen molar-refractivity contribution in [3.8, 4) is 0 Å². The molecule has 0 radical (unpaired) electrons.